The predicted molar refractivity (Wildman–Crippen MR) is 196 cm³/mol. The molecule has 52 heavy (non-hydrogen) atoms. The van der Waals surface area contributed by atoms with Crippen LogP contribution < -0.4 is 0 Å². The first-order chi connectivity index (χ1) is 24.7. The van der Waals surface area contributed by atoms with Crippen LogP contribution in [0.2, 0.25) is 0 Å². The summed E-state index contributed by atoms with van der Waals surface area (Å²) in [5.41, 5.74) is -3.93. The van der Waals surface area contributed by atoms with E-state index in [9.17, 15) is 19.2 Å². The Balaban J connectivity index is 1.41. The first-order valence-electron chi connectivity index (χ1n) is 20.3. The second kappa shape index (κ2) is 15.8. The number of ketones is 1. The minimum absolute atomic E-state index is 0.0476. The van der Waals surface area contributed by atoms with Crippen molar-refractivity contribution in [2.45, 2.75) is 141 Å². The number of Topliss-reactive ketones (excluding diaryl/α,β-unsaturated/α-hetero) is 1. The summed E-state index contributed by atoms with van der Waals surface area (Å²) in [7, 11) is 0. The van der Waals surface area contributed by atoms with Gasteiger partial charge in [0.2, 0.25) is 0 Å². The van der Waals surface area contributed by atoms with E-state index in [4.69, 9.17) is 18.9 Å². The molecule has 0 aromatic rings. The summed E-state index contributed by atoms with van der Waals surface area (Å²) in [6.07, 6.45) is 9.95. The number of esters is 3. The second-order valence-corrected chi connectivity index (χ2v) is 18.1. The van der Waals surface area contributed by atoms with Gasteiger partial charge in [0.15, 0.2) is 6.10 Å². The highest BCUT2D eigenvalue weighted by Gasteiger charge is 2.75. The Hall–Kier alpha value is -2.34. The number of carbonyl (C=O) groups excluding carboxylic acids is 4. The van der Waals surface area contributed by atoms with Crippen LogP contribution in [0.3, 0.4) is 0 Å². The number of rotatable bonds is 10. The van der Waals surface area contributed by atoms with Crippen LogP contribution in [0.25, 0.3) is 0 Å². The highest BCUT2D eigenvalue weighted by Crippen LogP contribution is 2.66. The summed E-state index contributed by atoms with van der Waals surface area (Å²) in [6.45, 7) is 19.5. The van der Waals surface area contributed by atoms with Crippen molar-refractivity contribution in [3.8, 4) is 0 Å². The molecule has 11 heteroatoms. The lowest BCUT2D eigenvalue weighted by molar-refractivity contribution is -0.323. The Morgan fingerprint density at radius 3 is 1.67 bits per heavy atom. The van der Waals surface area contributed by atoms with Crippen molar-refractivity contribution in [1.29, 1.82) is 0 Å². The lowest BCUT2D eigenvalue weighted by atomic mass is 9.41. The van der Waals surface area contributed by atoms with E-state index in [0.29, 0.717) is 12.8 Å². The van der Waals surface area contributed by atoms with Crippen LogP contribution in [0, 0.1) is 22.7 Å². The van der Waals surface area contributed by atoms with E-state index in [1.807, 2.05) is 20.8 Å². The normalized spacial score (nSPS) is 38.7. The third-order valence-corrected chi connectivity index (χ3v) is 13.6. The average Bonchev–Trinajstić information content (AvgIpc) is 3.08. The largest absolute Gasteiger partial charge is 0.461 e. The molecular weight excluding hydrogens is 662 g/mol. The third-order valence-electron chi connectivity index (χ3n) is 13.6. The molecule has 6 fully saturated rings. The van der Waals surface area contributed by atoms with Gasteiger partial charge in [0.25, 0.3) is 0 Å². The van der Waals surface area contributed by atoms with Crippen LogP contribution in [0.4, 0.5) is 0 Å². The molecule has 2 saturated carbocycles. The van der Waals surface area contributed by atoms with Gasteiger partial charge in [-0.25, -0.2) is 0 Å². The Morgan fingerprint density at radius 2 is 1.19 bits per heavy atom. The monoisotopic (exact) mass is 727 g/mol. The van der Waals surface area contributed by atoms with E-state index in [1.165, 1.54) is 0 Å². The SMILES string of the molecule is C=C[C@@]1(C)CC(=O)[C@H]2[C@](C)(O1)[C@@H](OC(=O)CN1CCCCC1)[C@@H](OC(=O)CN1CCCCC1)[C@H]1C(C)(C)CC[C@H](OC(=O)CN3CCCCC3)[C@@]12C. The maximum atomic E-state index is 14.8. The minimum Gasteiger partial charge on any atom is -0.461 e. The van der Waals surface area contributed by atoms with Gasteiger partial charge >= 0.3 is 17.9 Å². The summed E-state index contributed by atoms with van der Waals surface area (Å²) in [4.78, 5) is 63.1. The fourth-order valence-corrected chi connectivity index (χ4v) is 11.3. The van der Waals surface area contributed by atoms with Crippen molar-refractivity contribution in [2.75, 3.05) is 58.9 Å². The lowest BCUT2D eigenvalue weighted by Crippen LogP contribution is -2.78. The van der Waals surface area contributed by atoms with Crippen molar-refractivity contribution in [1.82, 2.24) is 14.7 Å². The fraction of sp³-hybridized carbons (Fsp3) is 0.854. The first-order valence-corrected chi connectivity index (χ1v) is 20.3. The van der Waals surface area contributed by atoms with Crippen LogP contribution in [-0.2, 0) is 38.1 Å². The highest BCUT2D eigenvalue weighted by molar-refractivity contribution is 5.86. The number of carbonyl (C=O) groups is 4. The standard InChI is InChI=1S/C41H65N3O8/c1-7-39(4)25-29(45)35-40(5)30(49-31(46)26-42-19-11-8-12-20-42)17-18-38(2,3)36(40)34(50-32(47)27-43-21-13-9-14-22-43)37(41(35,6)52-39)51-33(48)28-44-23-15-10-16-24-44/h7,30,34-37H,1,8-28H2,2-6H3/t30-,34-,35+,36-,37-,39-,40+,41-/m0/s1. The Morgan fingerprint density at radius 1 is 0.731 bits per heavy atom. The van der Waals surface area contributed by atoms with E-state index in [-0.39, 0.29) is 43.8 Å². The zero-order chi connectivity index (χ0) is 37.3. The third kappa shape index (κ3) is 8.03. The van der Waals surface area contributed by atoms with Crippen molar-refractivity contribution in [3.05, 3.63) is 12.7 Å². The molecular formula is C41H65N3O8. The van der Waals surface area contributed by atoms with Crippen LogP contribution >= 0.6 is 0 Å². The summed E-state index contributed by atoms with van der Waals surface area (Å²) in [5.74, 6) is -2.46. The molecule has 0 bridgehead atoms. The molecule has 4 aliphatic heterocycles. The maximum absolute atomic E-state index is 14.8. The first kappa shape index (κ1) is 39.4. The second-order valence-electron chi connectivity index (χ2n) is 18.1. The quantitative estimate of drug-likeness (QED) is 0.173. The van der Waals surface area contributed by atoms with Gasteiger partial charge in [-0.1, -0.05) is 46.1 Å². The van der Waals surface area contributed by atoms with Crippen LogP contribution in [-0.4, -0.2) is 127 Å². The number of piperidine rings is 3. The van der Waals surface area contributed by atoms with E-state index in [0.717, 1.165) is 97.1 Å². The van der Waals surface area contributed by atoms with Crippen molar-refractivity contribution >= 4 is 23.7 Å². The molecule has 0 unspecified atom stereocenters. The minimum atomic E-state index is -1.41. The average molecular weight is 728 g/mol. The number of hydrogen-bond acceptors (Lipinski definition) is 11. The molecule has 11 nitrogen and oxygen atoms in total. The molecule has 6 rings (SSSR count). The molecule has 2 aliphatic carbocycles. The Bertz CT molecular complexity index is 1340. The van der Waals surface area contributed by atoms with Crippen molar-refractivity contribution < 1.29 is 38.1 Å². The molecule has 0 spiro atoms. The molecule has 4 heterocycles. The van der Waals surface area contributed by atoms with Crippen molar-refractivity contribution in [3.63, 3.8) is 0 Å². The molecule has 0 radical (unpaired) electrons. The van der Waals surface area contributed by atoms with Gasteiger partial charge in [-0.15, -0.1) is 6.58 Å². The van der Waals surface area contributed by atoms with Gasteiger partial charge in [0.1, 0.15) is 23.6 Å². The topological polar surface area (TPSA) is 115 Å². The number of nitrogens with zero attached hydrogens (tertiary/aromatic N) is 3. The summed E-state index contributed by atoms with van der Waals surface area (Å²) < 4.78 is 26.7. The molecule has 0 aromatic carbocycles. The van der Waals surface area contributed by atoms with E-state index < -0.39 is 58.1 Å². The van der Waals surface area contributed by atoms with E-state index in [2.05, 4.69) is 35.1 Å². The number of fused-ring (bicyclic) bond motifs is 3. The van der Waals surface area contributed by atoms with Gasteiger partial charge in [0, 0.05) is 17.8 Å². The van der Waals surface area contributed by atoms with E-state index in [1.54, 1.807) is 6.08 Å². The zero-order valence-corrected chi connectivity index (χ0v) is 32.6. The molecule has 8 atom stereocenters. The lowest BCUT2D eigenvalue weighted by Gasteiger charge is -2.68. The smallest absolute Gasteiger partial charge is 0.320 e. The van der Waals surface area contributed by atoms with Crippen molar-refractivity contribution in [2.24, 2.45) is 22.7 Å². The summed E-state index contributed by atoms with van der Waals surface area (Å²) >= 11 is 0. The number of hydrogen-bond donors (Lipinski definition) is 0. The number of ether oxygens (including phenoxy) is 4. The maximum Gasteiger partial charge on any atom is 0.320 e. The summed E-state index contributed by atoms with van der Waals surface area (Å²) in [6, 6.07) is 0. The Labute approximate surface area is 311 Å². The van der Waals surface area contributed by atoms with Gasteiger partial charge in [-0.05, 0) is 110 Å². The molecule has 0 amide bonds. The van der Waals surface area contributed by atoms with Gasteiger partial charge in [0.05, 0.1) is 31.2 Å². The molecule has 6 aliphatic rings. The van der Waals surface area contributed by atoms with Gasteiger partial charge < -0.3 is 18.9 Å². The van der Waals surface area contributed by atoms with Crippen LogP contribution in [0.5, 0.6) is 0 Å². The summed E-state index contributed by atoms with van der Waals surface area (Å²) in [5, 5.41) is 0. The zero-order valence-electron chi connectivity index (χ0n) is 32.6. The van der Waals surface area contributed by atoms with Crippen LogP contribution in [0.15, 0.2) is 12.7 Å². The molecule has 0 N–H and O–H groups in total. The molecule has 4 saturated heterocycles. The molecule has 292 valence electrons. The predicted octanol–water partition coefficient (Wildman–Crippen LogP) is 4.94. The van der Waals surface area contributed by atoms with E-state index >= 15 is 0 Å². The van der Waals surface area contributed by atoms with Crippen LogP contribution in [0.1, 0.15) is 112 Å². The van der Waals surface area contributed by atoms with Gasteiger partial charge in [-0.2, -0.15) is 0 Å². The molecule has 0 aromatic heterocycles. The Kier molecular flexibility index (Phi) is 12.0. The van der Waals surface area contributed by atoms with Gasteiger partial charge in [-0.3, -0.25) is 33.9 Å². The highest BCUT2D eigenvalue weighted by atomic mass is 16.6. The fourth-order valence-electron chi connectivity index (χ4n) is 11.3. The number of likely N-dealkylation sites (tertiary alicyclic amines) is 3.